The molecule has 1 heterocycles. The Labute approximate surface area is 97.8 Å². The summed E-state index contributed by atoms with van der Waals surface area (Å²) in [6.45, 7) is 0.0114. The van der Waals surface area contributed by atoms with Gasteiger partial charge in [-0.25, -0.2) is 4.68 Å². The van der Waals surface area contributed by atoms with Crippen molar-refractivity contribution in [2.24, 2.45) is 5.10 Å². The van der Waals surface area contributed by atoms with Crippen molar-refractivity contribution >= 4 is 6.21 Å². The highest BCUT2D eigenvalue weighted by molar-refractivity contribution is 5.83. The molecule has 1 aromatic heterocycles. The highest BCUT2D eigenvalue weighted by Gasteiger charge is 1.99. The van der Waals surface area contributed by atoms with Gasteiger partial charge in [0.25, 0.3) is 0 Å². The Hall–Kier alpha value is -2.68. The summed E-state index contributed by atoms with van der Waals surface area (Å²) in [7, 11) is 0. The Bertz CT molecular complexity index is 541. The largest absolute Gasteiger partial charge is 0.478 e. The van der Waals surface area contributed by atoms with Crippen LogP contribution in [0.25, 0.3) is 0 Å². The van der Waals surface area contributed by atoms with E-state index in [0.717, 1.165) is 5.56 Å². The third-order valence-corrected chi connectivity index (χ3v) is 1.95. The maximum absolute atomic E-state index is 8.47. The molecule has 6 nitrogen and oxygen atoms in total. The van der Waals surface area contributed by atoms with E-state index in [9.17, 15) is 0 Å². The topological polar surface area (TPSA) is 76.1 Å². The van der Waals surface area contributed by atoms with Crippen LogP contribution >= 0.6 is 0 Å². The van der Waals surface area contributed by atoms with Crippen LogP contribution in [0.3, 0.4) is 0 Å². The van der Waals surface area contributed by atoms with Crippen molar-refractivity contribution in [1.82, 2.24) is 14.9 Å². The SMILES string of the molecule is N#CCOc1ccccc1C=Nn1cnnc1. The van der Waals surface area contributed by atoms with Gasteiger partial charge in [-0.05, 0) is 12.1 Å². The normalized spacial score (nSPS) is 10.3. The summed E-state index contributed by atoms with van der Waals surface area (Å²) in [6, 6.07) is 9.26. The summed E-state index contributed by atoms with van der Waals surface area (Å²) < 4.78 is 6.74. The Kier molecular flexibility index (Phi) is 3.45. The number of aromatic nitrogens is 3. The number of nitrogens with zero attached hydrogens (tertiary/aromatic N) is 5. The molecule has 0 saturated heterocycles. The predicted octanol–water partition coefficient (Wildman–Crippen LogP) is 1.06. The lowest BCUT2D eigenvalue weighted by molar-refractivity contribution is 0.367. The number of ether oxygens (including phenoxy) is 1. The number of nitriles is 1. The van der Waals surface area contributed by atoms with Gasteiger partial charge in [-0.1, -0.05) is 12.1 Å². The summed E-state index contributed by atoms with van der Waals surface area (Å²) in [5.41, 5.74) is 0.788. The van der Waals surface area contributed by atoms with Gasteiger partial charge < -0.3 is 4.74 Å². The van der Waals surface area contributed by atoms with E-state index in [0.29, 0.717) is 5.75 Å². The van der Waals surface area contributed by atoms with E-state index in [1.807, 2.05) is 24.3 Å². The van der Waals surface area contributed by atoms with E-state index in [-0.39, 0.29) is 6.61 Å². The first-order chi connectivity index (χ1) is 8.40. The molecule has 0 radical (unpaired) electrons. The monoisotopic (exact) mass is 227 g/mol. The van der Waals surface area contributed by atoms with Crippen molar-refractivity contribution in [2.45, 2.75) is 0 Å². The first-order valence-corrected chi connectivity index (χ1v) is 4.88. The van der Waals surface area contributed by atoms with Gasteiger partial charge in [0, 0.05) is 5.56 Å². The molecule has 2 aromatic rings. The van der Waals surface area contributed by atoms with E-state index in [2.05, 4.69) is 15.3 Å². The van der Waals surface area contributed by atoms with Crippen LogP contribution in [-0.4, -0.2) is 27.7 Å². The van der Waals surface area contributed by atoms with Crippen molar-refractivity contribution in [3.8, 4) is 11.8 Å². The molecule has 0 unspecified atom stereocenters. The molecule has 0 aliphatic carbocycles. The van der Waals surface area contributed by atoms with Crippen molar-refractivity contribution in [3.05, 3.63) is 42.5 Å². The minimum absolute atomic E-state index is 0.0114. The number of benzene rings is 1. The molecule has 0 amide bonds. The van der Waals surface area contributed by atoms with Gasteiger partial charge in [0.15, 0.2) is 6.61 Å². The second-order valence-electron chi connectivity index (χ2n) is 3.07. The quantitative estimate of drug-likeness (QED) is 0.732. The lowest BCUT2D eigenvalue weighted by Crippen LogP contribution is -1.97. The third kappa shape index (κ3) is 2.89. The number of para-hydroxylation sites is 1. The van der Waals surface area contributed by atoms with E-state index in [1.165, 1.54) is 17.3 Å². The van der Waals surface area contributed by atoms with Gasteiger partial charge in [0.2, 0.25) is 0 Å². The summed E-state index contributed by atoms with van der Waals surface area (Å²) in [5, 5.41) is 19.8. The van der Waals surface area contributed by atoms with Crippen LogP contribution in [0, 0.1) is 11.3 Å². The van der Waals surface area contributed by atoms with E-state index in [4.69, 9.17) is 10.00 Å². The second-order valence-corrected chi connectivity index (χ2v) is 3.07. The molecule has 0 atom stereocenters. The average molecular weight is 227 g/mol. The van der Waals surface area contributed by atoms with E-state index >= 15 is 0 Å². The maximum Gasteiger partial charge on any atom is 0.174 e. The molecular formula is C11H9N5O. The molecule has 6 heteroatoms. The lowest BCUT2D eigenvalue weighted by Gasteiger charge is -2.04. The van der Waals surface area contributed by atoms with Crippen molar-refractivity contribution in [2.75, 3.05) is 6.61 Å². The second kappa shape index (κ2) is 5.42. The molecule has 0 fully saturated rings. The molecule has 1 aromatic carbocycles. The summed E-state index contributed by atoms with van der Waals surface area (Å²) in [6.07, 6.45) is 4.58. The van der Waals surface area contributed by atoms with Crippen molar-refractivity contribution in [1.29, 1.82) is 5.26 Å². The predicted molar refractivity (Wildman–Crippen MR) is 60.6 cm³/mol. The molecule has 0 aliphatic heterocycles. The average Bonchev–Trinajstić information content (AvgIpc) is 2.88. The van der Waals surface area contributed by atoms with Crippen molar-refractivity contribution < 1.29 is 4.74 Å². The van der Waals surface area contributed by atoms with Crippen LogP contribution in [0.2, 0.25) is 0 Å². The molecule has 17 heavy (non-hydrogen) atoms. The lowest BCUT2D eigenvalue weighted by atomic mass is 10.2. The molecule has 0 N–H and O–H groups in total. The first kappa shape index (κ1) is 10.8. The third-order valence-electron chi connectivity index (χ3n) is 1.95. The van der Waals surface area contributed by atoms with E-state index in [1.54, 1.807) is 12.3 Å². The Balaban J connectivity index is 2.18. The zero-order valence-electron chi connectivity index (χ0n) is 8.89. The Morgan fingerprint density at radius 3 is 2.88 bits per heavy atom. The fourth-order valence-corrected chi connectivity index (χ4v) is 1.21. The number of hydrogen-bond acceptors (Lipinski definition) is 5. The number of rotatable bonds is 4. The van der Waals surface area contributed by atoms with Crippen LogP contribution in [0.4, 0.5) is 0 Å². The van der Waals surface area contributed by atoms with Gasteiger partial charge >= 0.3 is 0 Å². The highest BCUT2D eigenvalue weighted by atomic mass is 16.5. The molecule has 0 aliphatic rings. The van der Waals surface area contributed by atoms with Gasteiger partial charge in [-0.15, -0.1) is 10.2 Å². The van der Waals surface area contributed by atoms with Crippen LogP contribution in [0.5, 0.6) is 5.75 Å². The highest BCUT2D eigenvalue weighted by Crippen LogP contribution is 2.15. The zero-order valence-corrected chi connectivity index (χ0v) is 8.89. The maximum atomic E-state index is 8.47. The molecule has 84 valence electrons. The van der Waals surface area contributed by atoms with Crippen LogP contribution in [0.1, 0.15) is 5.56 Å². The standard InChI is InChI=1S/C11H9N5O/c12-5-6-17-11-4-2-1-3-10(11)7-15-16-8-13-14-9-16/h1-4,7-9H,6H2. The Morgan fingerprint density at radius 2 is 2.12 bits per heavy atom. The minimum Gasteiger partial charge on any atom is -0.478 e. The number of hydrogen-bond donors (Lipinski definition) is 0. The van der Waals surface area contributed by atoms with Crippen LogP contribution < -0.4 is 4.74 Å². The van der Waals surface area contributed by atoms with E-state index < -0.39 is 0 Å². The summed E-state index contributed by atoms with van der Waals surface area (Å²) in [4.78, 5) is 0. The van der Waals surface area contributed by atoms with Crippen LogP contribution in [0.15, 0.2) is 42.0 Å². The molecule has 0 bridgehead atoms. The Morgan fingerprint density at radius 1 is 1.35 bits per heavy atom. The van der Waals surface area contributed by atoms with Gasteiger partial charge in [-0.3, -0.25) is 0 Å². The summed E-state index contributed by atoms with van der Waals surface area (Å²) in [5.74, 6) is 0.617. The minimum atomic E-state index is 0.0114. The fourth-order valence-electron chi connectivity index (χ4n) is 1.21. The van der Waals surface area contributed by atoms with Gasteiger partial charge in [-0.2, -0.15) is 10.4 Å². The molecular weight excluding hydrogens is 218 g/mol. The molecule has 0 saturated carbocycles. The zero-order chi connectivity index (χ0) is 11.9. The first-order valence-electron chi connectivity index (χ1n) is 4.88. The van der Waals surface area contributed by atoms with Crippen LogP contribution in [-0.2, 0) is 0 Å². The fraction of sp³-hybridized carbons (Fsp3) is 0.0909. The molecule has 2 rings (SSSR count). The van der Waals surface area contributed by atoms with Gasteiger partial charge in [0.05, 0.1) is 6.21 Å². The smallest absolute Gasteiger partial charge is 0.174 e. The molecule has 0 spiro atoms. The summed E-state index contributed by atoms with van der Waals surface area (Å²) >= 11 is 0. The van der Waals surface area contributed by atoms with Crippen molar-refractivity contribution in [3.63, 3.8) is 0 Å². The van der Waals surface area contributed by atoms with Gasteiger partial charge in [0.1, 0.15) is 24.5 Å².